The van der Waals surface area contributed by atoms with Gasteiger partial charge in [-0.2, -0.15) is 4.31 Å². The summed E-state index contributed by atoms with van der Waals surface area (Å²) in [5, 5.41) is 4.84. The first kappa shape index (κ1) is 21.1. The number of anilines is 1. The Kier molecular flexibility index (Phi) is 5.79. The van der Waals surface area contributed by atoms with Crippen LogP contribution < -0.4 is 10.6 Å². The number of piperidine rings is 1. The van der Waals surface area contributed by atoms with E-state index in [1.807, 2.05) is 0 Å². The molecule has 164 valence electrons. The largest absolute Gasteiger partial charge is 0.438 e. The van der Waals surface area contributed by atoms with Crippen LogP contribution in [0.3, 0.4) is 0 Å². The lowest BCUT2D eigenvalue weighted by Crippen LogP contribution is -2.35. The molecule has 0 spiro atoms. The highest BCUT2D eigenvalue weighted by Gasteiger charge is 2.30. The van der Waals surface area contributed by atoms with E-state index in [0.717, 1.165) is 24.2 Å². The Morgan fingerprint density at radius 2 is 1.87 bits per heavy atom. The molecule has 4 rings (SSSR count). The number of furan rings is 1. The Morgan fingerprint density at radius 3 is 2.58 bits per heavy atom. The lowest BCUT2D eigenvalue weighted by atomic mass is 10.2. The van der Waals surface area contributed by atoms with Gasteiger partial charge >= 0.3 is 6.03 Å². The highest BCUT2D eigenvalue weighted by Crippen LogP contribution is 2.23. The van der Waals surface area contributed by atoms with Gasteiger partial charge in [-0.1, -0.05) is 18.6 Å². The number of sulfonamides is 1. The number of nitrogens with zero attached hydrogens (tertiary/aromatic N) is 2. The van der Waals surface area contributed by atoms with Crippen molar-refractivity contribution in [3.8, 4) is 0 Å². The molecule has 4 amide bonds. The summed E-state index contributed by atoms with van der Waals surface area (Å²) >= 11 is 0. The molecule has 1 aromatic carbocycles. The molecule has 0 aliphatic carbocycles. The number of carbonyl (C=O) groups is 3. The first-order chi connectivity index (χ1) is 14.8. The third-order valence-electron chi connectivity index (χ3n) is 5.18. The Bertz CT molecular complexity index is 1100. The summed E-state index contributed by atoms with van der Waals surface area (Å²) < 4.78 is 32.1. The number of rotatable bonds is 6. The number of nitrogens with one attached hydrogen (secondary N) is 2. The monoisotopic (exact) mass is 446 g/mol. The predicted molar refractivity (Wildman–Crippen MR) is 110 cm³/mol. The van der Waals surface area contributed by atoms with E-state index in [1.165, 1.54) is 16.4 Å². The molecule has 0 radical (unpaired) electrons. The molecule has 2 aromatic rings. The van der Waals surface area contributed by atoms with Gasteiger partial charge in [0, 0.05) is 18.8 Å². The van der Waals surface area contributed by atoms with Crippen molar-refractivity contribution < 1.29 is 27.2 Å². The van der Waals surface area contributed by atoms with Gasteiger partial charge in [-0.15, -0.1) is 0 Å². The number of hydrogen-bond acceptors (Lipinski definition) is 6. The normalized spacial score (nSPS) is 17.6. The molecule has 2 N–H and O–H groups in total. The SMILES string of the molecule is O=C(Nc1cccc(CN2C(=O)CNC2=O)c1)c1ccc(S(=O)(=O)N2CCCCC2)o1. The van der Waals surface area contributed by atoms with Crippen LogP contribution in [0.5, 0.6) is 0 Å². The molecule has 0 saturated carbocycles. The van der Waals surface area contributed by atoms with E-state index < -0.39 is 22.0 Å². The molecule has 10 nitrogen and oxygen atoms in total. The molecule has 1 aromatic heterocycles. The van der Waals surface area contributed by atoms with Crippen LogP contribution in [0.1, 0.15) is 35.4 Å². The van der Waals surface area contributed by atoms with Crippen LogP contribution in [0.4, 0.5) is 10.5 Å². The van der Waals surface area contributed by atoms with Gasteiger partial charge in [-0.25, -0.2) is 13.2 Å². The number of hydrogen-bond donors (Lipinski definition) is 2. The van der Waals surface area contributed by atoms with Crippen LogP contribution in [0.15, 0.2) is 45.9 Å². The minimum atomic E-state index is -3.77. The van der Waals surface area contributed by atoms with Crippen LogP contribution in [-0.4, -0.2) is 55.1 Å². The Labute approximate surface area is 179 Å². The van der Waals surface area contributed by atoms with Crippen molar-refractivity contribution in [3.05, 3.63) is 47.7 Å². The molecular weight excluding hydrogens is 424 g/mol. The van der Waals surface area contributed by atoms with E-state index in [9.17, 15) is 22.8 Å². The summed E-state index contributed by atoms with van der Waals surface area (Å²) in [5.74, 6) is -1.06. The van der Waals surface area contributed by atoms with E-state index in [2.05, 4.69) is 10.6 Å². The molecule has 31 heavy (non-hydrogen) atoms. The lowest BCUT2D eigenvalue weighted by Gasteiger charge is -2.24. The summed E-state index contributed by atoms with van der Waals surface area (Å²) in [6.07, 6.45) is 2.59. The van der Waals surface area contributed by atoms with Crippen LogP contribution in [0.2, 0.25) is 0 Å². The van der Waals surface area contributed by atoms with E-state index >= 15 is 0 Å². The summed E-state index contributed by atoms with van der Waals surface area (Å²) in [7, 11) is -3.77. The molecular formula is C20H22N4O6S. The Morgan fingerprint density at radius 1 is 1.10 bits per heavy atom. The Hall–Kier alpha value is -3.18. The molecule has 2 aliphatic heterocycles. The third kappa shape index (κ3) is 4.47. The Balaban J connectivity index is 1.44. The van der Waals surface area contributed by atoms with Crippen LogP contribution in [0, 0.1) is 0 Å². The van der Waals surface area contributed by atoms with Gasteiger partial charge in [0.05, 0.1) is 13.1 Å². The zero-order chi connectivity index (χ0) is 22.0. The fraction of sp³-hybridized carbons (Fsp3) is 0.350. The van der Waals surface area contributed by atoms with Crippen molar-refractivity contribution in [1.29, 1.82) is 0 Å². The lowest BCUT2D eigenvalue weighted by molar-refractivity contribution is -0.125. The first-order valence-corrected chi connectivity index (χ1v) is 11.4. The first-order valence-electron chi connectivity index (χ1n) is 9.93. The van der Waals surface area contributed by atoms with Crippen LogP contribution in [0.25, 0.3) is 0 Å². The zero-order valence-electron chi connectivity index (χ0n) is 16.7. The topological polar surface area (TPSA) is 129 Å². The summed E-state index contributed by atoms with van der Waals surface area (Å²) in [6, 6.07) is 8.82. The van der Waals surface area contributed by atoms with Gasteiger partial charge < -0.3 is 15.1 Å². The second-order valence-corrected chi connectivity index (χ2v) is 9.25. The van der Waals surface area contributed by atoms with Crippen molar-refractivity contribution in [2.75, 3.05) is 25.0 Å². The van der Waals surface area contributed by atoms with E-state index in [1.54, 1.807) is 24.3 Å². The maximum atomic E-state index is 12.7. The molecule has 0 unspecified atom stereocenters. The number of amides is 4. The second kappa shape index (κ2) is 8.52. The number of benzene rings is 1. The zero-order valence-corrected chi connectivity index (χ0v) is 17.5. The van der Waals surface area contributed by atoms with Crippen molar-refractivity contribution in [1.82, 2.24) is 14.5 Å². The van der Waals surface area contributed by atoms with E-state index in [0.29, 0.717) is 24.3 Å². The van der Waals surface area contributed by atoms with E-state index in [-0.39, 0.29) is 29.8 Å². The standard InChI is InChI=1S/C20H22N4O6S/c25-17-12-21-20(27)24(17)13-14-5-4-6-15(11-14)22-19(26)16-7-8-18(30-16)31(28,29)23-9-2-1-3-10-23/h4-8,11H,1-3,9-10,12-13H2,(H,21,27)(H,22,26). The molecule has 2 saturated heterocycles. The molecule has 0 atom stereocenters. The maximum absolute atomic E-state index is 12.7. The molecule has 2 aliphatic rings. The molecule has 3 heterocycles. The highest BCUT2D eigenvalue weighted by atomic mass is 32.2. The van der Waals surface area contributed by atoms with Gasteiger partial charge in [0.2, 0.25) is 11.0 Å². The van der Waals surface area contributed by atoms with E-state index in [4.69, 9.17) is 4.42 Å². The van der Waals surface area contributed by atoms with Crippen molar-refractivity contribution in [3.63, 3.8) is 0 Å². The van der Waals surface area contributed by atoms with Crippen LogP contribution >= 0.6 is 0 Å². The smallest absolute Gasteiger partial charge is 0.324 e. The quantitative estimate of drug-likeness (QED) is 0.651. The van der Waals surface area contributed by atoms with Crippen molar-refractivity contribution >= 4 is 33.6 Å². The predicted octanol–water partition coefficient (Wildman–Crippen LogP) is 1.76. The fourth-order valence-electron chi connectivity index (χ4n) is 3.55. The fourth-order valence-corrected chi connectivity index (χ4v) is 4.98. The van der Waals surface area contributed by atoms with Gasteiger partial charge in [0.1, 0.15) is 0 Å². The second-order valence-electron chi connectivity index (χ2n) is 7.38. The minimum absolute atomic E-state index is 0.0313. The van der Waals surface area contributed by atoms with Gasteiger partial charge in [-0.3, -0.25) is 14.5 Å². The number of urea groups is 1. The average molecular weight is 446 g/mol. The molecule has 11 heteroatoms. The van der Waals surface area contributed by atoms with Gasteiger partial charge in [-0.05, 0) is 42.7 Å². The molecule has 0 bridgehead atoms. The van der Waals surface area contributed by atoms with Gasteiger partial charge in [0.15, 0.2) is 5.76 Å². The third-order valence-corrected chi connectivity index (χ3v) is 6.95. The summed E-state index contributed by atoms with van der Waals surface area (Å²) in [6.45, 7) is 0.924. The van der Waals surface area contributed by atoms with Crippen LogP contribution in [-0.2, 0) is 21.4 Å². The minimum Gasteiger partial charge on any atom is -0.438 e. The van der Waals surface area contributed by atoms with Crippen molar-refractivity contribution in [2.45, 2.75) is 30.9 Å². The number of carbonyl (C=O) groups excluding carboxylic acids is 3. The summed E-state index contributed by atoms with van der Waals surface area (Å²) in [5.41, 5.74) is 1.07. The van der Waals surface area contributed by atoms with Crippen molar-refractivity contribution in [2.24, 2.45) is 0 Å². The number of imide groups is 1. The average Bonchev–Trinajstić information content (AvgIpc) is 3.38. The van der Waals surface area contributed by atoms with Gasteiger partial charge in [0.25, 0.3) is 15.9 Å². The maximum Gasteiger partial charge on any atom is 0.324 e. The highest BCUT2D eigenvalue weighted by molar-refractivity contribution is 7.89. The summed E-state index contributed by atoms with van der Waals surface area (Å²) in [4.78, 5) is 37.1. The molecule has 2 fully saturated rings.